The maximum absolute atomic E-state index is 6.36. The number of pyridine rings is 1. The highest BCUT2D eigenvalue weighted by Crippen LogP contribution is 2.24. The number of hydrogen-bond donors (Lipinski definition) is 1. The highest BCUT2D eigenvalue weighted by Gasteiger charge is 2.10. The second kappa shape index (κ2) is 6.16. The number of aryl methyl sites for hydroxylation is 1. The first kappa shape index (κ1) is 13.3. The van der Waals surface area contributed by atoms with Crippen LogP contribution in [0, 0.1) is 0 Å². The van der Waals surface area contributed by atoms with Crippen molar-refractivity contribution in [1.29, 1.82) is 0 Å². The van der Waals surface area contributed by atoms with Crippen LogP contribution >= 0.6 is 11.3 Å². The zero-order valence-corrected chi connectivity index (χ0v) is 12.1. The Morgan fingerprint density at radius 1 is 1.10 bits per heavy atom. The fraction of sp³-hybridized carbons (Fsp3) is 0.235. The minimum absolute atomic E-state index is 0.0635. The van der Waals surface area contributed by atoms with Crippen molar-refractivity contribution in [1.82, 2.24) is 4.98 Å². The maximum atomic E-state index is 6.36. The number of nitrogens with zero attached hydrogens (tertiary/aromatic N) is 1. The van der Waals surface area contributed by atoms with E-state index in [0.29, 0.717) is 0 Å². The van der Waals surface area contributed by atoms with Crippen LogP contribution in [0.2, 0.25) is 0 Å². The van der Waals surface area contributed by atoms with E-state index in [0.717, 1.165) is 30.3 Å². The van der Waals surface area contributed by atoms with Crippen LogP contribution in [0.25, 0.3) is 10.9 Å². The van der Waals surface area contributed by atoms with Crippen LogP contribution in [0.4, 0.5) is 0 Å². The Morgan fingerprint density at radius 3 is 2.85 bits per heavy atom. The summed E-state index contributed by atoms with van der Waals surface area (Å²) in [6.45, 7) is 0. The molecule has 0 spiro atoms. The summed E-state index contributed by atoms with van der Waals surface area (Å²) in [7, 11) is 0. The first-order valence-corrected chi connectivity index (χ1v) is 7.84. The quantitative estimate of drug-likeness (QED) is 0.757. The van der Waals surface area contributed by atoms with Gasteiger partial charge in [-0.2, -0.15) is 0 Å². The molecule has 0 aliphatic rings. The summed E-state index contributed by atoms with van der Waals surface area (Å²) >= 11 is 1.82. The Morgan fingerprint density at radius 2 is 2.00 bits per heavy atom. The standard InChI is InChI=1S/C17H18N2S/c18-16(10-2-7-14-8-4-12-20-14)15-9-1-5-13-6-3-11-19-17(13)15/h1,3-6,8-9,11-12,16H,2,7,10,18H2. The zero-order valence-electron chi connectivity index (χ0n) is 11.3. The van der Waals surface area contributed by atoms with E-state index in [-0.39, 0.29) is 6.04 Å². The van der Waals surface area contributed by atoms with E-state index in [2.05, 4.69) is 46.8 Å². The van der Waals surface area contributed by atoms with Crippen LogP contribution in [-0.2, 0) is 6.42 Å². The van der Waals surface area contributed by atoms with Crippen LogP contribution in [0.3, 0.4) is 0 Å². The van der Waals surface area contributed by atoms with Gasteiger partial charge in [0, 0.05) is 22.5 Å². The molecule has 0 aliphatic heterocycles. The Kier molecular flexibility index (Phi) is 4.09. The molecule has 2 heterocycles. The molecule has 1 aromatic carbocycles. The van der Waals surface area contributed by atoms with Gasteiger partial charge in [0.25, 0.3) is 0 Å². The number of para-hydroxylation sites is 1. The van der Waals surface area contributed by atoms with Gasteiger partial charge in [-0.05, 0) is 42.3 Å². The molecule has 20 heavy (non-hydrogen) atoms. The maximum Gasteiger partial charge on any atom is 0.0749 e. The Balaban J connectivity index is 1.70. The third-order valence-corrected chi connectivity index (χ3v) is 4.52. The minimum atomic E-state index is 0.0635. The molecule has 0 radical (unpaired) electrons. The largest absolute Gasteiger partial charge is 0.324 e. The molecule has 1 atom stereocenters. The number of aromatic nitrogens is 1. The molecule has 0 saturated carbocycles. The average molecular weight is 282 g/mol. The molecule has 2 aromatic heterocycles. The van der Waals surface area contributed by atoms with Crippen LogP contribution in [0.15, 0.2) is 54.0 Å². The third kappa shape index (κ3) is 2.89. The van der Waals surface area contributed by atoms with Crippen LogP contribution in [0.5, 0.6) is 0 Å². The molecular formula is C17H18N2S. The van der Waals surface area contributed by atoms with Gasteiger partial charge in [0.1, 0.15) is 0 Å². The first-order valence-electron chi connectivity index (χ1n) is 6.96. The molecule has 0 amide bonds. The van der Waals surface area contributed by atoms with E-state index in [1.165, 1.54) is 10.3 Å². The lowest BCUT2D eigenvalue weighted by Gasteiger charge is -2.13. The number of thiophene rings is 1. The van der Waals surface area contributed by atoms with E-state index in [1.54, 1.807) is 0 Å². The average Bonchev–Trinajstić information content (AvgIpc) is 3.00. The fourth-order valence-electron chi connectivity index (χ4n) is 2.53. The zero-order chi connectivity index (χ0) is 13.8. The van der Waals surface area contributed by atoms with E-state index in [1.807, 2.05) is 23.6 Å². The molecule has 102 valence electrons. The smallest absolute Gasteiger partial charge is 0.0749 e. The molecular weight excluding hydrogens is 264 g/mol. The van der Waals surface area contributed by atoms with Crippen LogP contribution in [-0.4, -0.2) is 4.98 Å². The molecule has 3 aromatic rings. The van der Waals surface area contributed by atoms with Gasteiger partial charge in [0.2, 0.25) is 0 Å². The first-order chi connectivity index (χ1) is 9.84. The Labute approximate surface area is 123 Å². The summed E-state index contributed by atoms with van der Waals surface area (Å²) in [6.07, 6.45) is 5.06. The Hall–Kier alpha value is -1.71. The number of benzene rings is 1. The van der Waals surface area contributed by atoms with Gasteiger partial charge < -0.3 is 5.73 Å². The second-order valence-corrected chi connectivity index (χ2v) is 6.03. The fourth-order valence-corrected chi connectivity index (χ4v) is 3.28. The van der Waals surface area contributed by atoms with Gasteiger partial charge in [-0.1, -0.05) is 30.3 Å². The summed E-state index contributed by atoms with van der Waals surface area (Å²) in [6, 6.07) is 14.7. The molecule has 3 rings (SSSR count). The predicted molar refractivity (Wildman–Crippen MR) is 85.9 cm³/mol. The lowest BCUT2D eigenvalue weighted by Crippen LogP contribution is -2.11. The van der Waals surface area contributed by atoms with E-state index < -0.39 is 0 Å². The van der Waals surface area contributed by atoms with Crippen molar-refractivity contribution in [3.63, 3.8) is 0 Å². The second-order valence-electron chi connectivity index (χ2n) is 5.00. The third-order valence-electron chi connectivity index (χ3n) is 3.58. The summed E-state index contributed by atoms with van der Waals surface area (Å²) < 4.78 is 0. The van der Waals surface area contributed by atoms with Crippen molar-refractivity contribution >= 4 is 22.2 Å². The lowest BCUT2D eigenvalue weighted by molar-refractivity contribution is 0.616. The molecule has 0 bridgehead atoms. The van der Waals surface area contributed by atoms with E-state index in [9.17, 15) is 0 Å². The molecule has 2 nitrogen and oxygen atoms in total. The lowest BCUT2D eigenvalue weighted by atomic mass is 9.99. The summed E-state index contributed by atoms with van der Waals surface area (Å²) in [5.74, 6) is 0. The van der Waals surface area contributed by atoms with Crippen molar-refractivity contribution in [2.75, 3.05) is 0 Å². The van der Waals surface area contributed by atoms with Gasteiger partial charge in [0.05, 0.1) is 5.52 Å². The van der Waals surface area contributed by atoms with Crippen molar-refractivity contribution < 1.29 is 0 Å². The van der Waals surface area contributed by atoms with Gasteiger partial charge in [-0.15, -0.1) is 11.3 Å². The van der Waals surface area contributed by atoms with Gasteiger partial charge in [0.15, 0.2) is 0 Å². The van der Waals surface area contributed by atoms with Gasteiger partial charge in [-0.25, -0.2) is 0 Å². The number of nitrogens with two attached hydrogens (primary N) is 1. The summed E-state index contributed by atoms with van der Waals surface area (Å²) in [5, 5.41) is 3.29. The number of hydrogen-bond acceptors (Lipinski definition) is 3. The number of fused-ring (bicyclic) bond motifs is 1. The van der Waals surface area contributed by atoms with E-state index >= 15 is 0 Å². The van der Waals surface area contributed by atoms with Crippen molar-refractivity contribution in [3.8, 4) is 0 Å². The van der Waals surface area contributed by atoms with Gasteiger partial charge >= 0.3 is 0 Å². The molecule has 2 N–H and O–H groups in total. The minimum Gasteiger partial charge on any atom is -0.324 e. The van der Waals surface area contributed by atoms with Gasteiger partial charge in [-0.3, -0.25) is 4.98 Å². The highest BCUT2D eigenvalue weighted by atomic mass is 32.1. The van der Waals surface area contributed by atoms with Crippen molar-refractivity contribution in [3.05, 3.63) is 64.5 Å². The van der Waals surface area contributed by atoms with E-state index in [4.69, 9.17) is 5.73 Å². The van der Waals surface area contributed by atoms with Crippen LogP contribution in [0.1, 0.15) is 29.3 Å². The summed E-state index contributed by atoms with van der Waals surface area (Å²) in [4.78, 5) is 5.92. The molecule has 3 heteroatoms. The molecule has 0 aliphatic carbocycles. The topological polar surface area (TPSA) is 38.9 Å². The van der Waals surface area contributed by atoms with Crippen molar-refractivity contribution in [2.24, 2.45) is 5.73 Å². The molecule has 0 saturated heterocycles. The normalized spacial score (nSPS) is 12.7. The molecule has 0 fully saturated rings. The Bertz CT molecular complexity index is 671. The predicted octanol–water partition coefficient (Wildman–Crippen LogP) is 4.32. The SMILES string of the molecule is NC(CCCc1cccs1)c1cccc2cccnc12. The highest BCUT2D eigenvalue weighted by molar-refractivity contribution is 7.09. The summed E-state index contributed by atoms with van der Waals surface area (Å²) in [5.41, 5.74) is 8.57. The monoisotopic (exact) mass is 282 g/mol. The van der Waals surface area contributed by atoms with Crippen LogP contribution < -0.4 is 5.73 Å². The number of rotatable bonds is 5. The molecule has 1 unspecified atom stereocenters. The van der Waals surface area contributed by atoms with Crippen molar-refractivity contribution in [2.45, 2.75) is 25.3 Å².